The van der Waals surface area contributed by atoms with Gasteiger partial charge in [-0.15, -0.1) is 0 Å². The summed E-state index contributed by atoms with van der Waals surface area (Å²) >= 11 is 0. The van der Waals surface area contributed by atoms with Crippen molar-refractivity contribution in [1.82, 2.24) is 0 Å². The lowest BCUT2D eigenvalue weighted by Gasteiger charge is -2.06. The molecule has 2 aromatic rings. The number of carbonyl (C=O) groups is 2. The van der Waals surface area contributed by atoms with Crippen molar-refractivity contribution in [3.8, 4) is 11.5 Å². The molecule has 0 aliphatic carbocycles. The summed E-state index contributed by atoms with van der Waals surface area (Å²) in [5.41, 5.74) is 0.471. The van der Waals surface area contributed by atoms with E-state index in [1.165, 1.54) is 6.08 Å². The zero-order valence-corrected chi connectivity index (χ0v) is 13.1. The van der Waals surface area contributed by atoms with E-state index >= 15 is 0 Å². The maximum Gasteiger partial charge on any atom is 0.331 e. The Morgan fingerprint density at radius 1 is 0.870 bits per heavy atom. The number of rotatable bonds is 6. The number of benzene rings is 2. The van der Waals surface area contributed by atoms with E-state index in [4.69, 9.17) is 9.47 Å². The van der Waals surface area contributed by atoms with E-state index in [2.05, 4.69) is 0 Å². The summed E-state index contributed by atoms with van der Waals surface area (Å²) in [5, 5.41) is 0. The summed E-state index contributed by atoms with van der Waals surface area (Å²) in [6, 6.07) is 16.1. The van der Waals surface area contributed by atoms with Gasteiger partial charge < -0.3 is 9.47 Å². The molecule has 0 radical (unpaired) electrons. The maximum atomic E-state index is 12.0. The van der Waals surface area contributed by atoms with Gasteiger partial charge in [0.2, 0.25) is 0 Å². The monoisotopic (exact) mass is 310 g/mol. The Balaban J connectivity index is 1.97. The van der Waals surface area contributed by atoms with Crippen LogP contribution in [0.1, 0.15) is 24.2 Å². The lowest BCUT2D eigenvalue weighted by Crippen LogP contribution is -2.09. The zero-order valence-electron chi connectivity index (χ0n) is 13.1. The largest absolute Gasteiger partial charge is 0.460 e. The Bertz CT molecular complexity index is 685. The van der Waals surface area contributed by atoms with Crippen LogP contribution in [0, 0.1) is 0 Å². The third kappa shape index (κ3) is 5.43. The van der Waals surface area contributed by atoms with Crippen LogP contribution in [-0.4, -0.2) is 17.9 Å². The lowest BCUT2D eigenvalue weighted by molar-refractivity contribution is -0.141. The maximum absolute atomic E-state index is 12.0. The van der Waals surface area contributed by atoms with Crippen molar-refractivity contribution in [3.05, 3.63) is 72.3 Å². The quantitative estimate of drug-likeness (QED) is 0.456. The Morgan fingerprint density at radius 3 is 2.09 bits per heavy atom. The number of para-hydroxylation sites is 1. The molecule has 0 amide bonds. The second-order valence-electron chi connectivity index (χ2n) is 5.12. The van der Waals surface area contributed by atoms with Crippen molar-refractivity contribution in [2.75, 3.05) is 0 Å². The summed E-state index contributed by atoms with van der Waals surface area (Å²) in [5.74, 6) is 0.563. The minimum atomic E-state index is -0.530. The molecule has 118 valence electrons. The number of ketones is 1. The summed E-state index contributed by atoms with van der Waals surface area (Å²) < 4.78 is 10.6. The molecular formula is C19H18O4. The van der Waals surface area contributed by atoms with E-state index in [1.807, 2.05) is 30.3 Å². The Morgan fingerprint density at radius 2 is 1.48 bits per heavy atom. The minimum Gasteiger partial charge on any atom is -0.460 e. The van der Waals surface area contributed by atoms with Crippen LogP contribution in [0.4, 0.5) is 0 Å². The molecule has 0 aromatic heterocycles. The van der Waals surface area contributed by atoms with Gasteiger partial charge in [-0.25, -0.2) is 4.79 Å². The van der Waals surface area contributed by atoms with Gasteiger partial charge in [0.25, 0.3) is 0 Å². The third-order valence-electron chi connectivity index (χ3n) is 2.84. The van der Waals surface area contributed by atoms with Gasteiger partial charge in [-0.3, -0.25) is 4.79 Å². The zero-order chi connectivity index (χ0) is 16.7. The lowest BCUT2D eigenvalue weighted by atomic mass is 10.1. The second-order valence-corrected chi connectivity index (χ2v) is 5.12. The SMILES string of the molecule is CC(C)OC(=O)/C=C/C(=O)c1ccc(Oc2ccccc2)cc1. The fraction of sp³-hybridized carbons (Fsp3) is 0.158. The number of carbonyl (C=O) groups excluding carboxylic acids is 2. The molecule has 0 N–H and O–H groups in total. The molecule has 4 heteroatoms. The molecule has 2 aromatic carbocycles. The van der Waals surface area contributed by atoms with Crippen molar-refractivity contribution < 1.29 is 19.1 Å². The van der Waals surface area contributed by atoms with Crippen LogP contribution in [0.2, 0.25) is 0 Å². The van der Waals surface area contributed by atoms with Crippen LogP contribution in [-0.2, 0) is 9.53 Å². The topological polar surface area (TPSA) is 52.6 Å². The number of esters is 1. The highest BCUT2D eigenvalue weighted by atomic mass is 16.5. The highest BCUT2D eigenvalue weighted by molar-refractivity contribution is 6.07. The second kappa shape index (κ2) is 7.94. The first-order valence-electron chi connectivity index (χ1n) is 7.30. The molecule has 0 spiro atoms. The van der Waals surface area contributed by atoms with Gasteiger partial charge >= 0.3 is 5.97 Å². The summed E-state index contributed by atoms with van der Waals surface area (Å²) in [6.45, 7) is 3.50. The fourth-order valence-corrected chi connectivity index (χ4v) is 1.82. The first-order chi connectivity index (χ1) is 11.0. The van der Waals surface area contributed by atoms with Gasteiger partial charge in [0.05, 0.1) is 6.10 Å². The normalized spacial score (nSPS) is 10.7. The molecule has 0 unspecified atom stereocenters. The van der Waals surface area contributed by atoms with E-state index in [0.717, 1.165) is 11.8 Å². The molecule has 0 saturated heterocycles. The molecule has 0 heterocycles. The van der Waals surface area contributed by atoms with E-state index in [9.17, 15) is 9.59 Å². The molecule has 23 heavy (non-hydrogen) atoms. The summed E-state index contributed by atoms with van der Waals surface area (Å²) in [4.78, 5) is 23.3. The number of ether oxygens (including phenoxy) is 2. The third-order valence-corrected chi connectivity index (χ3v) is 2.84. The highest BCUT2D eigenvalue weighted by Gasteiger charge is 2.05. The van der Waals surface area contributed by atoms with Crippen molar-refractivity contribution in [2.24, 2.45) is 0 Å². The van der Waals surface area contributed by atoms with Crippen molar-refractivity contribution in [3.63, 3.8) is 0 Å². The minimum absolute atomic E-state index is 0.211. The average Bonchev–Trinajstić information content (AvgIpc) is 2.54. The van der Waals surface area contributed by atoms with Crippen molar-refractivity contribution in [1.29, 1.82) is 0 Å². The molecule has 0 aliphatic heterocycles. The number of hydrogen-bond acceptors (Lipinski definition) is 4. The summed E-state index contributed by atoms with van der Waals surface area (Å²) in [6.07, 6.45) is 2.13. The Labute approximate surface area is 135 Å². The molecule has 0 atom stereocenters. The predicted octanol–water partition coefficient (Wildman–Crippen LogP) is 4.17. The van der Waals surface area contributed by atoms with Gasteiger partial charge in [0.1, 0.15) is 11.5 Å². The molecule has 0 fully saturated rings. The summed E-state index contributed by atoms with van der Waals surface area (Å²) in [7, 11) is 0. The predicted molar refractivity (Wildman–Crippen MR) is 87.7 cm³/mol. The highest BCUT2D eigenvalue weighted by Crippen LogP contribution is 2.21. The standard InChI is InChI=1S/C19H18O4/c1-14(2)22-19(21)13-12-18(20)15-8-10-17(11-9-15)23-16-6-4-3-5-7-16/h3-14H,1-2H3/b13-12+. The smallest absolute Gasteiger partial charge is 0.331 e. The molecule has 0 bridgehead atoms. The molecule has 0 aliphatic rings. The molecular weight excluding hydrogens is 292 g/mol. The van der Waals surface area contributed by atoms with Gasteiger partial charge in [-0.2, -0.15) is 0 Å². The van der Waals surface area contributed by atoms with E-state index < -0.39 is 5.97 Å². The van der Waals surface area contributed by atoms with Crippen LogP contribution in [0.5, 0.6) is 11.5 Å². The van der Waals surface area contributed by atoms with E-state index in [0.29, 0.717) is 11.3 Å². The first-order valence-corrected chi connectivity index (χ1v) is 7.30. The molecule has 2 rings (SSSR count). The van der Waals surface area contributed by atoms with Crippen LogP contribution in [0.15, 0.2) is 66.7 Å². The number of allylic oxidation sites excluding steroid dienone is 1. The Hall–Kier alpha value is -2.88. The van der Waals surface area contributed by atoms with Crippen LogP contribution < -0.4 is 4.74 Å². The van der Waals surface area contributed by atoms with Crippen molar-refractivity contribution >= 4 is 11.8 Å². The van der Waals surface area contributed by atoms with Crippen molar-refractivity contribution in [2.45, 2.75) is 20.0 Å². The first kappa shape index (κ1) is 16.5. The van der Waals surface area contributed by atoms with Crippen LogP contribution >= 0.6 is 0 Å². The van der Waals surface area contributed by atoms with Gasteiger partial charge in [0, 0.05) is 11.6 Å². The van der Waals surface area contributed by atoms with Gasteiger partial charge in [0.15, 0.2) is 5.78 Å². The van der Waals surface area contributed by atoms with Crippen LogP contribution in [0.25, 0.3) is 0 Å². The van der Waals surface area contributed by atoms with E-state index in [-0.39, 0.29) is 11.9 Å². The van der Waals surface area contributed by atoms with Crippen LogP contribution in [0.3, 0.4) is 0 Å². The Kier molecular flexibility index (Phi) is 5.69. The fourth-order valence-electron chi connectivity index (χ4n) is 1.82. The number of hydrogen-bond donors (Lipinski definition) is 0. The van der Waals surface area contributed by atoms with Gasteiger partial charge in [-0.05, 0) is 56.3 Å². The van der Waals surface area contributed by atoms with Gasteiger partial charge in [-0.1, -0.05) is 18.2 Å². The average molecular weight is 310 g/mol. The van der Waals surface area contributed by atoms with E-state index in [1.54, 1.807) is 38.1 Å². The molecule has 4 nitrogen and oxygen atoms in total. The molecule has 0 saturated carbocycles.